The van der Waals surface area contributed by atoms with E-state index >= 15 is 0 Å². The Hall–Kier alpha value is -3.03. The van der Waals surface area contributed by atoms with E-state index in [1.165, 1.54) is 0 Å². The lowest BCUT2D eigenvalue weighted by Gasteiger charge is -2.24. The van der Waals surface area contributed by atoms with Gasteiger partial charge in [0.05, 0.1) is 18.2 Å². The second kappa shape index (κ2) is 6.70. The molecule has 0 aliphatic carbocycles. The zero-order valence-electron chi connectivity index (χ0n) is 14.8. The summed E-state index contributed by atoms with van der Waals surface area (Å²) in [5, 5.41) is 11.1. The van der Waals surface area contributed by atoms with Crippen molar-refractivity contribution in [2.75, 3.05) is 6.54 Å². The molecule has 1 amide bonds. The van der Waals surface area contributed by atoms with Crippen molar-refractivity contribution in [3.63, 3.8) is 0 Å². The van der Waals surface area contributed by atoms with Crippen LogP contribution in [0.4, 0.5) is 0 Å². The first-order chi connectivity index (χ1) is 12.6. The monoisotopic (exact) mass is 352 g/mol. The number of hydrogen-bond donors (Lipinski definition) is 1. The van der Waals surface area contributed by atoms with E-state index in [2.05, 4.69) is 25.3 Å². The topological polar surface area (TPSA) is 101 Å². The first-order valence-corrected chi connectivity index (χ1v) is 8.67. The SMILES string of the molecule is Cc1noc(C)c1C1CCCN1C(=O)Cc1nc(-c2cccnc2)n[nH]1. The number of likely N-dealkylation sites (tertiary alicyclic amines) is 1. The van der Waals surface area contributed by atoms with E-state index in [1.807, 2.05) is 30.9 Å². The van der Waals surface area contributed by atoms with Gasteiger partial charge in [-0.1, -0.05) is 5.16 Å². The highest BCUT2D eigenvalue weighted by molar-refractivity contribution is 5.79. The summed E-state index contributed by atoms with van der Waals surface area (Å²) < 4.78 is 5.28. The Morgan fingerprint density at radius 3 is 3.04 bits per heavy atom. The highest BCUT2D eigenvalue weighted by atomic mass is 16.5. The highest BCUT2D eigenvalue weighted by Crippen LogP contribution is 2.35. The van der Waals surface area contributed by atoms with Gasteiger partial charge in [0, 0.05) is 30.1 Å². The number of carbonyl (C=O) groups is 1. The van der Waals surface area contributed by atoms with Crippen molar-refractivity contribution in [2.45, 2.75) is 39.2 Å². The molecule has 4 rings (SSSR count). The fraction of sp³-hybridized carbons (Fsp3) is 0.389. The zero-order valence-corrected chi connectivity index (χ0v) is 14.8. The largest absolute Gasteiger partial charge is 0.361 e. The van der Waals surface area contributed by atoms with Crippen LogP contribution in [0.5, 0.6) is 0 Å². The van der Waals surface area contributed by atoms with Crippen molar-refractivity contribution in [1.29, 1.82) is 0 Å². The van der Waals surface area contributed by atoms with Gasteiger partial charge in [0.1, 0.15) is 11.6 Å². The molecule has 8 nitrogen and oxygen atoms in total. The number of carbonyl (C=O) groups excluding carboxylic acids is 1. The fourth-order valence-electron chi connectivity index (χ4n) is 3.57. The van der Waals surface area contributed by atoms with Gasteiger partial charge in [-0.15, -0.1) is 0 Å². The van der Waals surface area contributed by atoms with Crippen molar-refractivity contribution in [3.05, 3.63) is 47.4 Å². The van der Waals surface area contributed by atoms with Gasteiger partial charge in [-0.3, -0.25) is 14.9 Å². The van der Waals surface area contributed by atoms with Crippen LogP contribution in [0.25, 0.3) is 11.4 Å². The number of H-pyrrole nitrogens is 1. The molecule has 0 aromatic carbocycles. The predicted molar refractivity (Wildman–Crippen MR) is 93.0 cm³/mol. The molecule has 1 unspecified atom stereocenters. The van der Waals surface area contributed by atoms with Gasteiger partial charge >= 0.3 is 0 Å². The molecule has 26 heavy (non-hydrogen) atoms. The number of pyridine rings is 1. The second-order valence-corrected chi connectivity index (χ2v) is 6.51. The molecule has 3 aromatic heterocycles. The van der Waals surface area contributed by atoms with E-state index in [4.69, 9.17) is 4.52 Å². The van der Waals surface area contributed by atoms with Crippen LogP contribution in [-0.4, -0.2) is 42.7 Å². The number of nitrogens with zero attached hydrogens (tertiary/aromatic N) is 5. The van der Waals surface area contributed by atoms with Crippen molar-refractivity contribution < 1.29 is 9.32 Å². The van der Waals surface area contributed by atoms with E-state index < -0.39 is 0 Å². The molecule has 1 N–H and O–H groups in total. The summed E-state index contributed by atoms with van der Waals surface area (Å²) in [5.41, 5.74) is 2.70. The predicted octanol–water partition coefficient (Wildman–Crippen LogP) is 2.38. The number of aryl methyl sites for hydroxylation is 2. The average molecular weight is 352 g/mol. The normalized spacial score (nSPS) is 17.0. The van der Waals surface area contributed by atoms with Gasteiger partial charge in [-0.2, -0.15) is 5.10 Å². The summed E-state index contributed by atoms with van der Waals surface area (Å²) in [4.78, 5) is 23.3. The molecule has 1 aliphatic rings. The fourth-order valence-corrected chi connectivity index (χ4v) is 3.57. The molecule has 1 atom stereocenters. The number of aromatic nitrogens is 5. The first kappa shape index (κ1) is 16.4. The van der Waals surface area contributed by atoms with Crippen molar-refractivity contribution in [1.82, 2.24) is 30.2 Å². The van der Waals surface area contributed by atoms with Crippen LogP contribution in [0.15, 0.2) is 29.0 Å². The minimum absolute atomic E-state index is 0.0227. The summed E-state index contributed by atoms with van der Waals surface area (Å²) in [6, 6.07) is 3.74. The third-order valence-corrected chi connectivity index (χ3v) is 4.77. The van der Waals surface area contributed by atoms with E-state index in [0.717, 1.165) is 42.0 Å². The van der Waals surface area contributed by atoms with E-state index in [-0.39, 0.29) is 18.4 Å². The lowest BCUT2D eigenvalue weighted by molar-refractivity contribution is -0.131. The third-order valence-electron chi connectivity index (χ3n) is 4.77. The molecule has 4 heterocycles. The molecule has 134 valence electrons. The van der Waals surface area contributed by atoms with E-state index in [1.54, 1.807) is 12.4 Å². The maximum Gasteiger partial charge on any atom is 0.230 e. The molecule has 1 fully saturated rings. The number of aromatic amines is 1. The quantitative estimate of drug-likeness (QED) is 0.774. The molecular weight excluding hydrogens is 332 g/mol. The van der Waals surface area contributed by atoms with E-state index in [9.17, 15) is 4.79 Å². The van der Waals surface area contributed by atoms with Crippen molar-refractivity contribution in [2.24, 2.45) is 0 Å². The van der Waals surface area contributed by atoms with Crippen LogP contribution in [0.3, 0.4) is 0 Å². The molecule has 0 saturated carbocycles. The number of hydrogen-bond acceptors (Lipinski definition) is 6. The molecule has 0 spiro atoms. The standard InChI is InChI=1S/C18H20N6O2/c1-11-17(12(2)26-23-11)14-6-4-8-24(14)16(25)9-15-20-18(22-21-15)13-5-3-7-19-10-13/h3,5,7,10,14H,4,6,8-9H2,1-2H3,(H,20,21,22). The van der Waals surface area contributed by atoms with Gasteiger partial charge in [-0.05, 0) is 38.8 Å². The second-order valence-electron chi connectivity index (χ2n) is 6.51. The Labute approximate surface area is 150 Å². The molecule has 1 aliphatic heterocycles. The molecule has 0 radical (unpaired) electrons. The van der Waals surface area contributed by atoms with Gasteiger partial charge < -0.3 is 9.42 Å². The van der Waals surface area contributed by atoms with Crippen molar-refractivity contribution in [3.8, 4) is 11.4 Å². The Morgan fingerprint density at radius 1 is 1.42 bits per heavy atom. The lowest BCUT2D eigenvalue weighted by atomic mass is 10.0. The maximum absolute atomic E-state index is 12.9. The molecule has 3 aromatic rings. The highest BCUT2D eigenvalue weighted by Gasteiger charge is 2.34. The molecule has 0 bridgehead atoms. The van der Waals surface area contributed by atoms with Crippen LogP contribution in [0, 0.1) is 13.8 Å². The van der Waals surface area contributed by atoms with Crippen molar-refractivity contribution >= 4 is 5.91 Å². The average Bonchev–Trinajstić information content (AvgIpc) is 3.36. The molecule has 8 heteroatoms. The Bertz CT molecular complexity index is 897. The maximum atomic E-state index is 12.9. The summed E-state index contributed by atoms with van der Waals surface area (Å²) >= 11 is 0. The summed E-state index contributed by atoms with van der Waals surface area (Å²) in [5.74, 6) is 1.91. The van der Waals surface area contributed by atoms with Gasteiger partial charge in [0.25, 0.3) is 0 Å². The van der Waals surface area contributed by atoms with Crippen LogP contribution in [0.2, 0.25) is 0 Å². The lowest BCUT2D eigenvalue weighted by Crippen LogP contribution is -2.32. The van der Waals surface area contributed by atoms with Gasteiger partial charge in [0.15, 0.2) is 5.82 Å². The summed E-state index contributed by atoms with van der Waals surface area (Å²) in [6.45, 7) is 4.55. The van der Waals surface area contributed by atoms with Gasteiger partial charge in [0.2, 0.25) is 5.91 Å². The molecular formula is C18H20N6O2. The minimum Gasteiger partial charge on any atom is -0.361 e. The van der Waals surface area contributed by atoms with Crippen LogP contribution in [-0.2, 0) is 11.2 Å². The number of amides is 1. The van der Waals surface area contributed by atoms with Crippen LogP contribution in [0.1, 0.15) is 41.7 Å². The number of nitrogens with one attached hydrogen (secondary N) is 1. The Kier molecular flexibility index (Phi) is 4.24. The summed E-state index contributed by atoms with van der Waals surface area (Å²) in [7, 11) is 0. The Morgan fingerprint density at radius 2 is 2.31 bits per heavy atom. The van der Waals surface area contributed by atoms with Crippen LogP contribution >= 0.6 is 0 Å². The molecule has 1 saturated heterocycles. The third kappa shape index (κ3) is 2.98. The van der Waals surface area contributed by atoms with Crippen LogP contribution < -0.4 is 0 Å². The minimum atomic E-state index is 0.0227. The summed E-state index contributed by atoms with van der Waals surface area (Å²) in [6.07, 6.45) is 5.47. The van der Waals surface area contributed by atoms with E-state index in [0.29, 0.717) is 11.6 Å². The zero-order chi connectivity index (χ0) is 18.1. The smallest absolute Gasteiger partial charge is 0.230 e. The first-order valence-electron chi connectivity index (χ1n) is 8.67. The van der Waals surface area contributed by atoms with Gasteiger partial charge in [-0.25, -0.2) is 4.98 Å². The number of rotatable bonds is 4. The Balaban J connectivity index is 1.50.